The van der Waals surface area contributed by atoms with E-state index in [1.807, 2.05) is 13.8 Å². The summed E-state index contributed by atoms with van der Waals surface area (Å²) in [5, 5.41) is 4.31. The number of nitrogens with one attached hydrogen (secondary N) is 2. The maximum absolute atomic E-state index is 11.8. The molecule has 0 spiro atoms. The Kier molecular flexibility index (Phi) is 5.65. The van der Waals surface area contributed by atoms with Crippen LogP contribution >= 0.6 is 0 Å². The van der Waals surface area contributed by atoms with Gasteiger partial charge in [0.25, 0.3) is 0 Å². The van der Waals surface area contributed by atoms with E-state index in [1.54, 1.807) is 6.92 Å². The van der Waals surface area contributed by atoms with Gasteiger partial charge in [0, 0.05) is 29.6 Å². The van der Waals surface area contributed by atoms with Gasteiger partial charge in [0.1, 0.15) is 5.41 Å². The first kappa shape index (κ1) is 15.6. The second kappa shape index (κ2) is 5.80. The van der Waals surface area contributed by atoms with Crippen LogP contribution in [0.5, 0.6) is 0 Å². The van der Waals surface area contributed by atoms with Crippen LogP contribution in [0.3, 0.4) is 0 Å². The molecule has 16 heavy (non-hydrogen) atoms. The fourth-order valence-electron chi connectivity index (χ4n) is 2.03. The van der Waals surface area contributed by atoms with E-state index in [-0.39, 0.29) is 35.5 Å². The minimum Gasteiger partial charge on any atom is -0.277 e. The van der Waals surface area contributed by atoms with Gasteiger partial charge in [0.05, 0.1) is 0 Å². The fourth-order valence-corrected chi connectivity index (χ4v) is 2.03. The molecule has 1 heterocycles. The molecular formula is C10H16N2NaO3. The van der Waals surface area contributed by atoms with E-state index >= 15 is 0 Å². The third-order valence-electron chi connectivity index (χ3n) is 3.28. The van der Waals surface area contributed by atoms with Crippen LogP contribution in [0.2, 0.25) is 0 Å². The molecule has 0 aromatic heterocycles. The van der Waals surface area contributed by atoms with Gasteiger partial charge in [-0.3, -0.25) is 20.2 Å². The summed E-state index contributed by atoms with van der Waals surface area (Å²) in [6, 6.07) is -0.725. The summed E-state index contributed by atoms with van der Waals surface area (Å²) in [7, 11) is 0. The Balaban J connectivity index is 0.00000225. The molecule has 6 heteroatoms. The van der Waals surface area contributed by atoms with E-state index in [0.29, 0.717) is 12.8 Å². The van der Waals surface area contributed by atoms with Gasteiger partial charge < -0.3 is 0 Å². The van der Waals surface area contributed by atoms with Crippen molar-refractivity contribution >= 4 is 47.4 Å². The van der Waals surface area contributed by atoms with Gasteiger partial charge in [-0.05, 0) is 12.3 Å². The zero-order valence-corrected chi connectivity index (χ0v) is 12.2. The van der Waals surface area contributed by atoms with Gasteiger partial charge >= 0.3 is 6.03 Å². The van der Waals surface area contributed by atoms with E-state index in [9.17, 15) is 14.4 Å². The minimum absolute atomic E-state index is 0. The smallest absolute Gasteiger partial charge is 0.277 e. The van der Waals surface area contributed by atoms with E-state index in [0.717, 1.165) is 0 Å². The summed E-state index contributed by atoms with van der Waals surface area (Å²) in [4.78, 5) is 34.5. The second-order valence-electron chi connectivity index (χ2n) is 3.87. The molecular weight excluding hydrogens is 219 g/mol. The largest absolute Gasteiger partial charge is 0.328 e. The van der Waals surface area contributed by atoms with Crippen LogP contribution in [0.25, 0.3) is 0 Å². The first-order chi connectivity index (χ1) is 6.98. The number of carbonyl (C=O) groups is 3. The first-order valence-electron chi connectivity index (χ1n) is 5.15. The van der Waals surface area contributed by atoms with Crippen molar-refractivity contribution in [3.8, 4) is 0 Å². The van der Waals surface area contributed by atoms with Crippen LogP contribution < -0.4 is 10.6 Å². The number of barbiturate groups is 1. The van der Waals surface area contributed by atoms with Gasteiger partial charge in [-0.2, -0.15) is 0 Å². The van der Waals surface area contributed by atoms with Gasteiger partial charge in [-0.25, -0.2) is 4.79 Å². The average molecular weight is 235 g/mol. The van der Waals surface area contributed by atoms with Crippen molar-refractivity contribution in [3.63, 3.8) is 0 Å². The Morgan fingerprint density at radius 3 is 1.88 bits per heavy atom. The number of amides is 4. The number of imide groups is 2. The molecule has 1 radical (unpaired) electrons. The molecule has 2 N–H and O–H groups in total. The molecule has 0 aliphatic carbocycles. The van der Waals surface area contributed by atoms with Crippen LogP contribution in [0, 0.1) is 11.3 Å². The van der Waals surface area contributed by atoms with Crippen molar-refractivity contribution < 1.29 is 14.4 Å². The molecule has 5 nitrogen and oxygen atoms in total. The third kappa shape index (κ3) is 2.31. The Labute approximate surface area is 117 Å². The average Bonchev–Trinajstić information content (AvgIpc) is 2.17. The molecule has 1 rings (SSSR count). The summed E-state index contributed by atoms with van der Waals surface area (Å²) in [6.45, 7) is 5.54. The molecule has 0 aromatic carbocycles. The van der Waals surface area contributed by atoms with Crippen molar-refractivity contribution in [2.24, 2.45) is 11.3 Å². The molecule has 1 atom stereocenters. The van der Waals surface area contributed by atoms with Crippen molar-refractivity contribution in [2.75, 3.05) is 0 Å². The van der Waals surface area contributed by atoms with Crippen molar-refractivity contribution in [2.45, 2.75) is 33.6 Å². The van der Waals surface area contributed by atoms with Crippen LogP contribution in [0.1, 0.15) is 33.6 Å². The number of hydrogen-bond acceptors (Lipinski definition) is 3. The Morgan fingerprint density at radius 2 is 1.56 bits per heavy atom. The Hall–Kier alpha value is -0.390. The monoisotopic (exact) mass is 235 g/mol. The van der Waals surface area contributed by atoms with Crippen LogP contribution in [-0.2, 0) is 9.59 Å². The fraction of sp³-hybridized carbons (Fsp3) is 0.700. The SMILES string of the molecule is CCC(C)C1(CC)C(=O)NC(=O)NC1=O.[Na]. The van der Waals surface area contributed by atoms with Gasteiger partial charge in [0.2, 0.25) is 11.8 Å². The summed E-state index contributed by atoms with van der Waals surface area (Å²) >= 11 is 0. The number of rotatable bonds is 3. The zero-order chi connectivity index (χ0) is 11.6. The van der Waals surface area contributed by atoms with Crippen LogP contribution in [0.4, 0.5) is 4.79 Å². The minimum atomic E-state index is -1.09. The van der Waals surface area contributed by atoms with Gasteiger partial charge in [-0.1, -0.05) is 27.2 Å². The molecule has 1 fully saturated rings. The van der Waals surface area contributed by atoms with E-state index in [2.05, 4.69) is 10.6 Å². The maximum atomic E-state index is 11.8. The molecule has 4 amide bonds. The predicted molar refractivity (Wildman–Crippen MR) is 59.6 cm³/mol. The maximum Gasteiger partial charge on any atom is 0.328 e. The Bertz CT molecular complexity index is 297. The van der Waals surface area contributed by atoms with E-state index < -0.39 is 23.3 Å². The normalized spacial score (nSPS) is 20.6. The first-order valence-corrected chi connectivity index (χ1v) is 5.15. The van der Waals surface area contributed by atoms with Crippen molar-refractivity contribution in [1.82, 2.24) is 10.6 Å². The molecule has 0 aromatic rings. The van der Waals surface area contributed by atoms with Gasteiger partial charge in [0.15, 0.2) is 0 Å². The summed E-state index contributed by atoms with van der Waals surface area (Å²) in [5.41, 5.74) is -1.09. The predicted octanol–water partition coefficient (Wildman–Crippen LogP) is 0.414. The molecule has 1 aliphatic heterocycles. The van der Waals surface area contributed by atoms with Crippen molar-refractivity contribution in [1.29, 1.82) is 0 Å². The van der Waals surface area contributed by atoms with Crippen molar-refractivity contribution in [3.05, 3.63) is 0 Å². The van der Waals surface area contributed by atoms with Gasteiger partial charge in [-0.15, -0.1) is 0 Å². The van der Waals surface area contributed by atoms with Crippen LogP contribution in [-0.4, -0.2) is 47.4 Å². The van der Waals surface area contributed by atoms with E-state index in [4.69, 9.17) is 0 Å². The Morgan fingerprint density at radius 1 is 1.12 bits per heavy atom. The molecule has 0 saturated carbocycles. The summed E-state index contributed by atoms with van der Waals surface area (Å²) in [5.74, 6) is -1.04. The zero-order valence-electron chi connectivity index (χ0n) is 10.2. The third-order valence-corrected chi connectivity index (χ3v) is 3.28. The number of hydrogen-bond donors (Lipinski definition) is 2. The van der Waals surface area contributed by atoms with E-state index in [1.165, 1.54) is 0 Å². The topological polar surface area (TPSA) is 75.3 Å². The van der Waals surface area contributed by atoms with Crippen LogP contribution in [0.15, 0.2) is 0 Å². The molecule has 0 bridgehead atoms. The molecule has 85 valence electrons. The quantitative estimate of drug-likeness (QED) is 0.549. The summed E-state index contributed by atoms with van der Waals surface area (Å²) < 4.78 is 0. The standard InChI is InChI=1S/C10H16N2O3.Na/c1-4-6(3)10(5-2)7(13)11-9(15)12-8(10)14;/h6H,4-5H2,1-3H3,(H2,11,12,13,14,15);. The molecule has 1 unspecified atom stereocenters. The number of carbonyl (C=O) groups excluding carboxylic acids is 3. The molecule has 1 saturated heterocycles. The number of urea groups is 1. The second-order valence-corrected chi connectivity index (χ2v) is 3.87. The molecule has 1 aliphatic rings. The summed E-state index contributed by atoms with van der Waals surface area (Å²) in [6.07, 6.45) is 1.11.